The first-order chi connectivity index (χ1) is 13.5. The van der Waals surface area contributed by atoms with E-state index in [9.17, 15) is 4.79 Å². The fourth-order valence-corrected chi connectivity index (χ4v) is 5.13. The number of anilines is 1. The number of amides is 1. The predicted molar refractivity (Wildman–Crippen MR) is 126 cm³/mol. The number of nitrogens with zero attached hydrogens (tertiary/aromatic N) is 4. The van der Waals surface area contributed by atoms with Gasteiger partial charge in [-0.25, -0.2) is 9.97 Å². The highest BCUT2D eigenvalue weighted by Gasteiger charge is 2.24. The van der Waals surface area contributed by atoms with Crippen molar-refractivity contribution in [3.8, 4) is 0 Å². The number of hydrogen-bond acceptors (Lipinski definition) is 6. The Morgan fingerprint density at radius 3 is 2.48 bits per heavy atom. The fourth-order valence-electron chi connectivity index (χ4n) is 2.93. The maximum atomic E-state index is 13.3. The third kappa shape index (κ3) is 4.70. The van der Waals surface area contributed by atoms with Crippen molar-refractivity contribution < 1.29 is 4.79 Å². The topological polar surface area (TPSA) is 49.3 Å². The number of para-hydroxylation sites is 2. The monoisotopic (exact) mass is 466 g/mol. The molecule has 0 fully saturated rings. The Morgan fingerprint density at radius 1 is 1.00 bits per heavy atom. The van der Waals surface area contributed by atoms with Gasteiger partial charge in [-0.1, -0.05) is 41.1 Å². The van der Waals surface area contributed by atoms with Crippen LogP contribution in [0.25, 0.3) is 20.4 Å². The van der Waals surface area contributed by atoms with Crippen molar-refractivity contribution in [3.63, 3.8) is 0 Å². The highest BCUT2D eigenvalue weighted by molar-refractivity contribution is 7.23. The summed E-state index contributed by atoms with van der Waals surface area (Å²) >= 11 is 9.19. The Kier molecular flexibility index (Phi) is 7.08. The second kappa shape index (κ2) is 9.36. The Balaban J connectivity index is 0.00000240. The minimum Gasteiger partial charge on any atom is -0.309 e. The van der Waals surface area contributed by atoms with Crippen molar-refractivity contribution in [2.45, 2.75) is 6.42 Å². The van der Waals surface area contributed by atoms with Gasteiger partial charge < -0.3 is 4.90 Å². The minimum absolute atomic E-state index is 0. The molecule has 2 aromatic carbocycles. The van der Waals surface area contributed by atoms with Gasteiger partial charge in [0.15, 0.2) is 10.1 Å². The number of thiazole rings is 2. The lowest BCUT2D eigenvalue weighted by atomic mass is 10.3. The summed E-state index contributed by atoms with van der Waals surface area (Å²) in [5.41, 5.74) is 1.58. The number of benzene rings is 2. The van der Waals surface area contributed by atoms with Gasteiger partial charge in [0.25, 0.3) is 5.91 Å². The molecule has 0 unspecified atom stereocenters. The lowest BCUT2D eigenvalue weighted by Gasteiger charge is -2.19. The normalized spacial score (nSPS) is 11.2. The molecular weight excluding hydrogens is 447 g/mol. The van der Waals surface area contributed by atoms with Crippen LogP contribution in [0.5, 0.6) is 0 Å². The van der Waals surface area contributed by atoms with Crippen molar-refractivity contribution >= 4 is 78.2 Å². The first kappa shape index (κ1) is 21.9. The molecular formula is C20H20Cl2N4OS2. The highest BCUT2D eigenvalue weighted by atomic mass is 35.5. The van der Waals surface area contributed by atoms with Crippen LogP contribution in [0.3, 0.4) is 0 Å². The summed E-state index contributed by atoms with van der Waals surface area (Å²) in [7, 11) is 4.05. The molecule has 0 saturated heterocycles. The number of hydrogen-bond donors (Lipinski definition) is 0. The van der Waals surface area contributed by atoms with Gasteiger partial charge in [-0.15, -0.1) is 23.7 Å². The van der Waals surface area contributed by atoms with Crippen LogP contribution in [-0.4, -0.2) is 48.0 Å². The summed E-state index contributed by atoms with van der Waals surface area (Å²) in [5, 5.41) is 1.74. The number of aromatic nitrogens is 2. The molecule has 0 spiro atoms. The summed E-state index contributed by atoms with van der Waals surface area (Å²) < 4.78 is 1.98. The van der Waals surface area contributed by atoms with Crippen molar-refractivity contribution in [2.75, 3.05) is 32.1 Å². The Morgan fingerprint density at radius 2 is 1.76 bits per heavy atom. The average molecular weight is 467 g/mol. The van der Waals surface area contributed by atoms with E-state index in [1.54, 1.807) is 4.90 Å². The highest BCUT2D eigenvalue weighted by Crippen LogP contribution is 2.34. The van der Waals surface area contributed by atoms with E-state index >= 15 is 0 Å². The van der Waals surface area contributed by atoms with Gasteiger partial charge in [0, 0.05) is 6.54 Å². The molecule has 152 valence electrons. The Labute approximate surface area is 188 Å². The molecule has 0 atom stereocenters. The summed E-state index contributed by atoms with van der Waals surface area (Å²) in [4.78, 5) is 26.4. The van der Waals surface area contributed by atoms with Gasteiger partial charge in [-0.05, 0) is 51.3 Å². The molecule has 0 radical (unpaired) electrons. The number of rotatable bonds is 6. The van der Waals surface area contributed by atoms with Gasteiger partial charge in [0.2, 0.25) is 0 Å². The zero-order valence-electron chi connectivity index (χ0n) is 16.0. The van der Waals surface area contributed by atoms with Crippen molar-refractivity contribution in [1.29, 1.82) is 0 Å². The van der Waals surface area contributed by atoms with Crippen LogP contribution < -0.4 is 4.90 Å². The van der Waals surface area contributed by atoms with Gasteiger partial charge in [0.1, 0.15) is 5.52 Å². The van der Waals surface area contributed by atoms with Gasteiger partial charge >= 0.3 is 0 Å². The van der Waals surface area contributed by atoms with Crippen LogP contribution in [0, 0.1) is 0 Å². The van der Waals surface area contributed by atoms with E-state index < -0.39 is 0 Å². The molecule has 4 rings (SSSR count). The van der Waals surface area contributed by atoms with Gasteiger partial charge in [-0.3, -0.25) is 9.69 Å². The zero-order valence-corrected chi connectivity index (χ0v) is 19.2. The predicted octanol–water partition coefficient (Wildman–Crippen LogP) is 5.58. The fraction of sp³-hybridized carbons (Fsp3) is 0.250. The number of carbonyl (C=O) groups is 1. The minimum atomic E-state index is -0.116. The molecule has 1 amide bonds. The maximum Gasteiger partial charge on any atom is 0.289 e. The summed E-state index contributed by atoms with van der Waals surface area (Å²) in [6.45, 7) is 1.46. The van der Waals surface area contributed by atoms with E-state index in [4.69, 9.17) is 11.6 Å². The molecule has 2 heterocycles. The number of halogens is 2. The molecule has 5 nitrogen and oxygen atoms in total. The molecule has 29 heavy (non-hydrogen) atoms. The number of carbonyl (C=O) groups excluding carboxylic acids is 1. The van der Waals surface area contributed by atoms with E-state index in [-0.39, 0.29) is 18.3 Å². The SMILES string of the molecule is CN(C)CCCN(C(=O)c1nc2ccccc2s1)c1nc2c(Cl)cccc2s1.Cl. The zero-order chi connectivity index (χ0) is 19.7. The molecule has 9 heteroatoms. The lowest BCUT2D eigenvalue weighted by Crippen LogP contribution is -2.33. The second-order valence-electron chi connectivity index (χ2n) is 6.68. The van der Waals surface area contributed by atoms with Gasteiger partial charge in [0.05, 0.1) is 19.9 Å². The third-order valence-corrected chi connectivity index (χ3v) is 6.67. The Bertz CT molecular complexity index is 1110. The van der Waals surface area contributed by atoms with E-state index in [2.05, 4.69) is 14.9 Å². The van der Waals surface area contributed by atoms with Crippen molar-refractivity contribution in [2.24, 2.45) is 0 Å². The summed E-state index contributed by atoms with van der Waals surface area (Å²) in [5.74, 6) is -0.116. The largest absolute Gasteiger partial charge is 0.309 e. The van der Waals surface area contributed by atoms with Crippen LogP contribution in [0.1, 0.15) is 16.2 Å². The van der Waals surface area contributed by atoms with E-state index in [1.807, 2.05) is 56.6 Å². The molecule has 0 aliphatic rings. The van der Waals surface area contributed by atoms with Crippen LogP contribution >= 0.6 is 46.7 Å². The number of fused-ring (bicyclic) bond motifs is 2. The molecule has 2 aromatic heterocycles. The van der Waals surface area contributed by atoms with Gasteiger partial charge in [-0.2, -0.15) is 0 Å². The molecule has 4 aromatic rings. The third-order valence-electron chi connectivity index (χ3n) is 4.30. The molecule has 0 N–H and O–H groups in total. The van der Waals surface area contributed by atoms with Crippen LogP contribution in [0.15, 0.2) is 42.5 Å². The second-order valence-corrected chi connectivity index (χ2v) is 9.13. The molecule has 0 saturated carbocycles. The van der Waals surface area contributed by atoms with Crippen LogP contribution in [-0.2, 0) is 0 Å². The molecule has 0 bridgehead atoms. The quantitative estimate of drug-likeness (QED) is 0.372. The van der Waals surface area contributed by atoms with Crippen LogP contribution in [0.2, 0.25) is 5.02 Å². The van der Waals surface area contributed by atoms with E-state index in [0.29, 0.717) is 21.7 Å². The smallest absolute Gasteiger partial charge is 0.289 e. The van der Waals surface area contributed by atoms with E-state index in [1.165, 1.54) is 22.7 Å². The first-order valence-electron chi connectivity index (χ1n) is 8.90. The standard InChI is InChI=1S/C20H19ClN4OS2.ClH/c1-24(2)11-6-12-25(20-23-17-13(21)7-5-10-16(17)28-20)19(26)18-22-14-8-3-4-9-15(14)27-18;/h3-5,7-10H,6,11-12H2,1-2H3;1H. The summed E-state index contributed by atoms with van der Waals surface area (Å²) in [6, 6.07) is 13.5. The van der Waals surface area contributed by atoms with Crippen molar-refractivity contribution in [3.05, 3.63) is 52.5 Å². The lowest BCUT2D eigenvalue weighted by molar-refractivity contribution is 0.0986. The molecule has 0 aliphatic heterocycles. The maximum absolute atomic E-state index is 13.3. The average Bonchev–Trinajstić information content (AvgIpc) is 3.29. The van der Waals surface area contributed by atoms with Crippen LogP contribution in [0.4, 0.5) is 5.13 Å². The van der Waals surface area contributed by atoms with E-state index in [0.717, 1.165) is 33.4 Å². The summed E-state index contributed by atoms with van der Waals surface area (Å²) in [6.07, 6.45) is 0.841. The first-order valence-corrected chi connectivity index (χ1v) is 10.9. The van der Waals surface area contributed by atoms with Crippen molar-refractivity contribution in [1.82, 2.24) is 14.9 Å². The molecule has 0 aliphatic carbocycles. The Hall–Kier alpha value is -1.77.